The second kappa shape index (κ2) is 4.53. The second-order valence-corrected chi connectivity index (χ2v) is 4.20. The van der Waals surface area contributed by atoms with Gasteiger partial charge in [-0.25, -0.2) is 4.98 Å². The third-order valence-electron chi connectivity index (χ3n) is 2.88. The standard InChI is InChI=1S/C13H11F3N2O/c1-7-8(2)17-11(18-12(7)19)9-3-5-10(6-4-9)13(14,15)16/h3-6H,1-2H3,(H,17,18,19). The fourth-order valence-corrected chi connectivity index (χ4v) is 1.60. The van der Waals surface area contributed by atoms with Gasteiger partial charge in [-0.1, -0.05) is 12.1 Å². The Morgan fingerprint density at radius 3 is 2.16 bits per heavy atom. The van der Waals surface area contributed by atoms with E-state index in [1.165, 1.54) is 12.1 Å². The van der Waals surface area contributed by atoms with Crippen molar-refractivity contribution in [3.05, 3.63) is 51.4 Å². The molecule has 1 aromatic carbocycles. The van der Waals surface area contributed by atoms with E-state index in [2.05, 4.69) is 9.97 Å². The van der Waals surface area contributed by atoms with Gasteiger partial charge >= 0.3 is 6.18 Å². The molecule has 0 fully saturated rings. The molecule has 0 aliphatic carbocycles. The van der Waals surface area contributed by atoms with Crippen LogP contribution >= 0.6 is 0 Å². The molecule has 0 saturated heterocycles. The van der Waals surface area contributed by atoms with E-state index in [-0.39, 0.29) is 11.4 Å². The van der Waals surface area contributed by atoms with Crippen LogP contribution in [0.3, 0.4) is 0 Å². The molecule has 0 bridgehead atoms. The summed E-state index contributed by atoms with van der Waals surface area (Å²) in [6, 6.07) is 4.50. The van der Waals surface area contributed by atoms with Crippen LogP contribution in [-0.2, 0) is 6.18 Å². The van der Waals surface area contributed by atoms with E-state index in [0.717, 1.165) is 12.1 Å². The van der Waals surface area contributed by atoms with E-state index in [9.17, 15) is 18.0 Å². The number of aryl methyl sites for hydroxylation is 1. The van der Waals surface area contributed by atoms with Gasteiger partial charge in [-0.2, -0.15) is 13.2 Å². The third-order valence-corrected chi connectivity index (χ3v) is 2.88. The van der Waals surface area contributed by atoms with Crippen LogP contribution in [0.4, 0.5) is 13.2 Å². The molecular formula is C13H11F3N2O. The highest BCUT2D eigenvalue weighted by atomic mass is 19.4. The summed E-state index contributed by atoms with van der Waals surface area (Å²) in [7, 11) is 0. The normalized spacial score (nSPS) is 11.6. The Bertz CT molecular complexity index is 657. The monoisotopic (exact) mass is 268 g/mol. The molecule has 3 nitrogen and oxygen atoms in total. The van der Waals surface area contributed by atoms with Crippen LogP contribution in [0.5, 0.6) is 0 Å². The van der Waals surface area contributed by atoms with Crippen molar-refractivity contribution in [2.75, 3.05) is 0 Å². The molecule has 0 saturated carbocycles. The molecule has 0 amide bonds. The molecule has 0 radical (unpaired) electrons. The van der Waals surface area contributed by atoms with Crippen LogP contribution in [0.15, 0.2) is 29.1 Å². The van der Waals surface area contributed by atoms with E-state index in [1.54, 1.807) is 13.8 Å². The van der Waals surface area contributed by atoms with Gasteiger partial charge in [0.15, 0.2) is 0 Å². The van der Waals surface area contributed by atoms with Crippen molar-refractivity contribution < 1.29 is 13.2 Å². The zero-order valence-electron chi connectivity index (χ0n) is 10.3. The summed E-state index contributed by atoms with van der Waals surface area (Å²) in [5, 5.41) is 0. The smallest absolute Gasteiger partial charge is 0.306 e. The minimum atomic E-state index is -4.37. The van der Waals surface area contributed by atoms with E-state index in [1.807, 2.05) is 0 Å². The SMILES string of the molecule is Cc1nc(-c2ccc(C(F)(F)F)cc2)[nH]c(=O)c1C. The molecule has 100 valence electrons. The topological polar surface area (TPSA) is 45.8 Å². The Morgan fingerprint density at radius 1 is 1.11 bits per heavy atom. The van der Waals surface area contributed by atoms with Crippen molar-refractivity contribution in [1.82, 2.24) is 9.97 Å². The molecule has 1 heterocycles. The number of alkyl halides is 3. The second-order valence-electron chi connectivity index (χ2n) is 4.20. The first-order chi connectivity index (χ1) is 8.79. The highest BCUT2D eigenvalue weighted by Gasteiger charge is 2.30. The summed E-state index contributed by atoms with van der Waals surface area (Å²) in [6.07, 6.45) is -4.37. The maximum absolute atomic E-state index is 12.4. The van der Waals surface area contributed by atoms with Crippen molar-refractivity contribution in [3.63, 3.8) is 0 Å². The first kappa shape index (κ1) is 13.3. The van der Waals surface area contributed by atoms with Gasteiger partial charge in [0.05, 0.1) is 5.56 Å². The summed E-state index contributed by atoms with van der Waals surface area (Å²) >= 11 is 0. The number of aromatic nitrogens is 2. The van der Waals surface area contributed by atoms with Gasteiger partial charge in [0.2, 0.25) is 0 Å². The quantitative estimate of drug-likeness (QED) is 0.863. The van der Waals surface area contributed by atoms with E-state index in [0.29, 0.717) is 16.8 Å². The minimum Gasteiger partial charge on any atom is -0.306 e. The zero-order chi connectivity index (χ0) is 14.2. The number of hydrogen-bond donors (Lipinski definition) is 1. The predicted molar refractivity (Wildman–Crippen MR) is 64.8 cm³/mol. The van der Waals surface area contributed by atoms with Gasteiger partial charge in [-0.05, 0) is 26.0 Å². The van der Waals surface area contributed by atoms with E-state index < -0.39 is 11.7 Å². The van der Waals surface area contributed by atoms with Gasteiger partial charge in [0, 0.05) is 16.8 Å². The van der Waals surface area contributed by atoms with Crippen LogP contribution in [0.25, 0.3) is 11.4 Å². The van der Waals surface area contributed by atoms with Crippen molar-refractivity contribution in [2.45, 2.75) is 20.0 Å². The number of aromatic amines is 1. The summed E-state index contributed by atoms with van der Waals surface area (Å²) in [5.41, 5.74) is 0.465. The van der Waals surface area contributed by atoms with Crippen LogP contribution in [-0.4, -0.2) is 9.97 Å². The molecular weight excluding hydrogens is 257 g/mol. The van der Waals surface area contributed by atoms with Crippen molar-refractivity contribution in [1.29, 1.82) is 0 Å². The molecule has 6 heteroatoms. The van der Waals surface area contributed by atoms with Crippen molar-refractivity contribution in [2.24, 2.45) is 0 Å². The maximum atomic E-state index is 12.4. The molecule has 2 rings (SSSR count). The summed E-state index contributed by atoms with van der Waals surface area (Å²) in [6.45, 7) is 3.32. The van der Waals surface area contributed by atoms with Crippen LogP contribution in [0, 0.1) is 13.8 Å². The molecule has 0 aliphatic rings. The molecule has 0 spiro atoms. The van der Waals surface area contributed by atoms with Gasteiger partial charge in [-0.3, -0.25) is 4.79 Å². The van der Waals surface area contributed by atoms with Gasteiger partial charge < -0.3 is 4.98 Å². The molecule has 2 aromatic rings. The molecule has 0 unspecified atom stereocenters. The highest BCUT2D eigenvalue weighted by Crippen LogP contribution is 2.30. The average molecular weight is 268 g/mol. The van der Waals surface area contributed by atoms with Crippen LogP contribution in [0.2, 0.25) is 0 Å². The maximum Gasteiger partial charge on any atom is 0.416 e. The van der Waals surface area contributed by atoms with Crippen molar-refractivity contribution in [3.8, 4) is 11.4 Å². The lowest BCUT2D eigenvalue weighted by Gasteiger charge is -2.08. The Balaban J connectivity index is 2.46. The Kier molecular flexibility index (Phi) is 3.18. The minimum absolute atomic E-state index is 0.266. The number of nitrogens with zero attached hydrogens (tertiary/aromatic N) is 1. The first-order valence-electron chi connectivity index (χ1n) is 5.54. The summed E-state index contributed by atoms with van der Waals surface area (Å²) in [5.74, 6) is 0.266. The average Bonchev–Trinajstić information content (AvgIpc) is 2.34. The highest BCUT2D eigenvalue weighted by molar-refractivity contribution is 5.55. The number of benzene rings is 1. The molecule has 19 heavy (non-hydrogen) atoms. The van der Waals surface area contributed by atoms with Crippen LogP contribution in [0.1, 0.15) is 16.8 Å². The van der Waals surface area contributed by atoms with E-state index >= 15 is 0 Å². The van der Waals surface area contributed by atoms with Gasteiger partial charge in [-0.15, -0.1) is 0 Å². The fraction of sp³-hybridized carbons (Fsp3) is 0.231. The Labute approximate surface area is 107 Å². The van der Waals surface area contributed by atoms with Crippen molar-refractivity contribution >= 4 is 0 Å². The number of halogens is 3. The lowest BCUT2D eigenvalue weighted by molar-refractivity contribution is -0.137. The molecule has 0 atom stereocenters. The largest absolute Gasteiger partial charge is 0.416 e. The van der Waals surface area contributed by atoms with Gasteiger partial charge in [0.1, 0.15) is 5.82 Å². The number of hydrogen-bond acceptors (Lipinski definition) is 2. The third kappa shape index (κ3) is 2.67. The summed E-state index contributed by atoms with van der Waals surface area (Å²) in [4.78, 5) is 18.3. The van der Waals surface area contributed by atoms with Gasteiger partial charge in [0.25, 0.3) is 5.56 Å². The first-order valence-corrected chi connectivity index (χ1v) is 5.54. The fourth-order valence-electron chi connectivity index (χ4n) is 1.60. The number of nitrogens with one attached hydrogen (secondary N) is 1. The zero-order valence-corrected chi connectivity index (χ0v) is 10.3. The predicted octanol–water partition coefficient (Wildman–Crippen LogP) is 3.07. The van der Waals surface area contributed by atoms with E-state index in [4.69, 9.17) is 0 Å². The lowest BCUT2D eigenvalue weighted by Crippen LogP contribution is -2.14. The number of H-pyrrole nitrogens is 1. The Morgan fingerprint density at radius 2 is 1.68 bits per heavy atom. The summed E-state index contributed by atoms with van der Waals surface area (Å²) < 4.78 is 37.3. The lowest BCUT2D eigenvalue weighted by atomic mass is 10.1. The molecule has 1 N–H and O–H groups in total. The number of rotatable bonds is 1. The molecule has 1 aromatic heterocycles. The Hall–Kier alpha value is -2.11. The molecule has 0 aliphatic heterocycles. The van der Waals surface area contributed by atoms with Crippen LogP contribution < -0.4 is 5.56 Å².